The molecule has 0 spiro atoms. The minimum absolute atomic E-state index is 0.103. The van der Waals surface area contributed by atoms with Crippen LogP contribution in [-0.2, 0) is 6.42 Å². The van der Waals surface area contributed by atoms with Crippen LogP contribution in [0.1, 0.15) is 32.7 Å². The molecular weight excluding hydrogens is 332 g/mol. The van der Waals surface area contributed by atoms with Crippen molar-refractivity contribution in [3.8, 4) is 17.2 Å². The van der Waals surface area contributed by atoms with Gasteiger partial charge in [-0.15, -0.1) is 0 Å². The molecule has 0 bridgehead atoms. The Morgan fingerprint density at radius 3 is 2.73 bits per heavy atom. The van der Waals surface area contributed by atoms with Crippen molar-refractivity contribution in [1.82, 2.24) is 9.55 Å². The van der Waals surface area contributed by atoms with Crippen LogP contribution in [0.5, 0.6) is 11.5 Å². The molecule has 4 rings (SSSR count). The van der Waals surface area contributed by atoms with E-state index in [-0.39, 0.29) is 17.1 Å². The molecule has 0 aliphatic carbocycles. The van der Waals surface area contributed by atoms with Gasteiger partial charge in [-0.1, -0.05) is 0 Å². The average Bonchev–Trinajstić information content (AvgIpc) is 3.12. The molecule has 2 aromatic heterocycles. The highest BCUT2D eigenvalue weighted by molar-refractivity contribution is 6.11. The predicted molar refractivity (Wildman–Crippen MR) is 99.1 cm³/mol. The molecule has 0 saturated heterocycles. The van der Waals surface area contributed by atoms with Crippen molar-refractivity contribution in [2.45, 2.75) is 27.2 Å². The number of nitrogens with two attached hydrogens (primary N) is 2. The molecule has 7 nitrogen and oxygen atoms in total. The van der Waals surface area contributed by atoms with E-state index in [0.717, 1.165) is 16.8 Å². The third-order valence-electron chi connectivity index (χ3n) is 5.09. The number of hydrogen-bond acceptors (Lipinski definition) is 5. The first-order valence-corrected chi connectivity index (χ1v) is 8.37. The summed E-state index contributed by atoms with van der Waals surface area (Å²) in [5.74, 6) is 0.329. The number of phenolic OH excluding ortho intramolecular Hbond substituents is 1. The van der Waals surface area contributed by atoms with Crippen LogP contribution in [0, 0.1) is 20.8 Å². The number of carbonyl (C=O) groups excluding carboxylic acids is 1. The summed E-state index contributed by atoms with van der Waals surface area (Å²) in [4.78, 5) is 16.8. The summed E-state index contributed by atoms with van der Waals surface area (Å²) in [5, 5.41) is 11.0. The molecule has 1 aliphatic rings. The van der Waals surface area contributed by atoms with E-state index in [1.54, 1.807) is 17.6 Å². The number of hydrogen-bond donors (Lipinski definition) is 3. The van der Waals surface area contributed by atoms with E-state index in [0.29, 0.717) is 41.1 Å². The predicted octanol–water partition coefficient (Wildman–Crippen LogP) is 2.27. The number of anilines is 1. The van der Waals surface area contributed by atoms with Crippen molar-refractivity contribution in [3.63, 3.8) is 0 Å². The number of primary amides is 1. The van der Waals surface area contributed by atoms with E-state index >= 15 is 0 Å². The van der Waals surface area contributed by atoms with Crippen molar-refractivity contribution >= 4 is 22.8 Å². The summed E-state index contributed by atoms with van der Waals surface area (Å²) in [6, 6.07) is 3.49. The van der Waals surface area contributed by atoms with Crippen LogP contribution in [0.25, 0.3) is 16.7 Å². The number of aryl methyl sites for hydroxylation is 2. The number of aromatic hydroxyl groups is 1. The SMILES string of the molecule is Cc1cc2c(C(N)=O)c(N)n(-c3c(C)c(O)cc4c3CCO4)c2nc1C. The Kier molecular flexibility index (Phi) is 3.37. The zero-order chi connectivity index (χ0) is 18.7. The molecular formula is C19H20N4O3. The quantitative estimate of drug-likeness (QED) is 0.654. The van der Waals surface area contributed by atoms with Gasteiger partial charge in [-0.3, -0.25) is 9.36 Å². The largest absolute Gasteiger partial charge is 0.507 e. The molecule has 1 aliphatic heterocycles. The number of fused-ring (bicyclic) bond motifs is 2. The highest BCUT2D eigenvalue weighted by Crippen LogP contribution is 2.42. The molecule has 3 aromatic rings. The lowest BCUT2D eigenvalue weighted by molar-refractivity contribution is 0.100. The number of nitrogen functional groups attached to an aromatic ring is 1. The highest BCUT2D eigenvalue weighted by atomic mass is 16.5. The summed E-state index contributed by atoms with van der Waals surface area (Å²) >= 11 is 0. The van der Waals surface area contributed by atoms with E-state index in [9.17, 15) is 9.90 Å². The van der Waals surface area contributed by atoms with Gasteiger partial charge in [0.1, 0.15) is 23.0 Å². The molecule has 0 atom stereocenters. The second-order valence-electron chi connectivity index (χ2n) is 6.67. The molecule has 26 heavy (non-hydrogen) atoms. The number of phenols is 1. The van der Waals surface area contributed by atoms with E-state index in [4.69, 9.17) is 16.2 Å². The van der Waals surface area contributed by atoms with Crippen LogP contribution >= 0.6 is 0 Å². The Balaban J connectivity index is 2.20. The van der Waals surface area contributed by atoms with Crippen LogP contribution in [0.15, 0.2) is 12.1 Å². The van der Waals surface area contributed by atoms with Gasteiger partial charge in [0.2, 0.25) is 0 Å². The second-order valence-corrected chi connectivity index (χ2v) is 6.67. The Labute approximate surface area is 150 Å². The zero-order valence-corrected chi connectivity index (χ0v) is 14.9. The molecule has 0 fully saturated rings. The molecule has 7 heteroatoms. The molecule has 0 saturated carbocycles. The highest BCUT2D eigenvalue weighted by Gasteiger charge is 2.28. The molecule has 134 valence electrons. The van der Waals surface area contributed by atoms with Crippen molar-refractivity contribution in [3.05, 3.63) is 40.1 Å². The van der Waals surface area contributed by atoms with Crippen LogP contribution in [0.3, 0.4) is 0 Å². The van der Waals surface area contributed by atoms with Crippen LogP contribution < -0.4 is 16.2 Å². The van der Waals surface area contributed by atoms with Gasteiger partial charge in [-0.25, -0.2) is 4.98 Å². The normalized spacial score (nSPS) is 13.0. The van der Waals surface area contributed by atoms with Gasteiger partial charge in [0, 0.05) is 34.7 Å². The lowest BCUT2D eigenvalue weighted by Gasteiger charge is -2.16. The van der Waals surface area contributed by atoms with Crippen molar-refractivity contribution < 1.29 is 14.6 Å². The maximum Gasteiger partial charge on any atom is 0.253 e. The van der Waals surface area contributed by atoms with Gasteiger partial charge in [0.25, 0.3) is 5.91 Å². The smallest absolute Gasteiger partial charge is 0.253 e. The van der Waals surface area contributed by atoms with E-state index in [1.165, 1.54) is 0 Å². The maximum absolute atomic E-state index is 12.1. The van der Waals surface area contributed by atoms with E-state index < -0.39 is 5.91 Å². The fourth-order valence-corrected chi connectivity index (χ4v) is 3.62. The van der Waals surface area contributed by atoms with Gasteiger partial charge in [0.15, 0.2) is 0 Å². The first-order chi connectivity index (χ1) is 12.3. The number of aromatic nitrogens is 2. The summed E-state index contributed by atoms with van der Waals surface area (Å²) < 4.78 is 7.33. The number of rotatable bonds is 2. The Bertz CT molecular complexity index is 1100. The summed E-state index contributed by atoms with van der Waals surface area (Å²) in [6.45, 7) is 6.15. The second kappa shape index (κ2) is 5.39. The zero-order valence-electron chi connectivity index (χ0n) is 14.9. The summed E-state index contributed by atoms with van der Waals surface area (Å²) in [6.07, 6.45) is 0.682. The number of carbonyl (C=O) groups is 1. The first-order valence-electron chi connectivity index (χ1n) is 8.37. The molecule has 1 aromatic carbocycles. The molecule has 0 radical (unpaired) electrons. The summed E-state index contributed by atoms with van der Waals surface area (Å²) in [5.41, 5.74) is 16.8. The van der Waals surface area contributed by atoms with Gasteiger partial charge in [-0.2, -0.15) is 0 Å². The molecule has 5 N–H and O–H groups in total. The van der Waals surface area contributed by atoms with Crippen LogP contribution in [0.2, 0.25) is 0 Å². The van der Waals surface area contributed by atoms with Crippen LogP contribution in [0.4, 0.5) is 5.82 Å². The minimum Gasteiger partial charge on any atom is -0.507 e. The summed E-state index contributed by atoms with van der Waals surface area (Å²) in [7, 11) is 0. The fourth-order valence-electron chi connectivity index (χ4n) is 3.62. The fraction of sp³-hybridized carbons (Fsp3) is 0.263. The topological polar surface area (TPSA) is 116 Å². The van der Waals surface area contributed by atoms with Crippen molar-refractivity contribution in [2.75, 3.05) is 12.3 Å². The standard InChI is InChI=1S/C19H20N4O3/c1-8-6-12-15(18(21)25)17(20)23(19(12)22-10(8)3)16-9(2)13(24)7-14-11(16)4-5-26-14/h6-7,24H,4-5,20H2,1-3H3,(H2,21,25). The van der Waals surface area contributed by atoms with Crippen molar-refractivity contribution in [1.29, 1.82) is 0 Å². The average molecular weight is 352 g/mol. The maximum atomic E-state index is 12.1. The Hall–Kier alpha value is -3.22. The molecule has 3 heterocycles. The lowest BCUT2D eigenvalue weighted by Crippen LogP contribution is -2.14. The van der Waals surface area contributed by atoms with Crippen LogP contribution in [-0.4, -0.2) is 27.2 Å². The molecule has 1 amide bonds. The minimum atomic E-state index is -0.609. The number of benzene rings is 1. The molecule has 0 unspecified atom stereocenters. The van der Waals surface area contributed by atoms with Gasteiger partial charge < -0.3 is 21.3 Å². The Morgan fingerprint density at radius 1 is 1.31 bits per heavy atom. The van der Waals surface area contributed by atoms with Crippen molar-refractivity contribution in [2.24, 2.45) is 5.73 Å². The third kappa shape index (κ3) is 2.06. The van der Waals surface area contributed by atoms with Gasteiger partial charge >= 0.3 is 0 Å². The van der Waals surface area contributed by atoms with Gasteiger partial charge in [-0.05, 0) is 32.4 Å². The first kappa shape index (κ1) is 16.3. The lowest BCUT2D eigenvalue weighted by atomic mass is 10.0. The third-order valence-corrected chi connectivity index (χ3v) is 5.09. The number of ether oxygens (including phenoxy) is 1. The van der Waals surface area contributed by atoms with Gasteiger partial charge in [0.05, 0.1) is 17.9 Å². The number of pyridine rings is 1. The number of nitrogens with zero attached hydrogens (tertiary/aromatic N) is 2. The van der Waals surface area contributed by atoms with E-state index in [1.807, 2.05) is 19.9 Å². The number of amides is 1. The Morgan fingerprint density at radius 2 is 2.04 bits per heavy atom. The monoisotopic (exact) mass is 352 g/mol. The van der Waals surface area contributed by atoms with E-state index in [2.05, 4.69) is 4.98 Å².